The van der Waals surface area contributed by atoms with Crippen molar-refractivity contribution in [1.82, 2.24) is 39.5 Å². The Labute approximate surface area is 780 Å². The van der Waals surface area contributed by atoms with Gasteiger partial charge in [-0.15, -0.1) is 0 Å². The summed E-state index contributed by atoms with van der Waals surface area (Å²) in [6.45, 7) is 4.84. The lowest BCUT2D eigenvalue weighted by Gasteiger charge is -2.29. The van der Waals surface area contributed by atoms with Crippen LogP contribution in [0.3, 0.4) is 0 Å². The highest BCUT2D eigenvalue weighted by atomic mass is 35.5. The number of rotatable bonds is 20. The van der Waals surface area contributed by atoms with Crippen LogP contribution >= 0.6 is 46.4 Å². The molecule has 8 amide bonds. The minimum atomic E-state index is -1.25. The number of hydrogen-bond donors (Lipinski definition) is 11. The molecule has 686 valence electrons. The van der Waals surface area contributed by atoms with Crippen molar-refractivity contribution in [3.05, 3.63) is 352 Å². The summed E-state index contributed by atoms with van der Waals surface area (Å²) in [5, 5.41) is 45.8. The van der Waals surface area contributed by atoms with Crippen LogP contribution in [-0.2, 0) is 0 Å². The first-order chi connectivity index (χ1) is 64.1. The molecule has 28 nitrogen and oxygen atoms in total. The molecule has 0 atom stereocenters. The number of carbonyl (C=O) groups is 8. The number of piperidine rings is 1. The van der Waals surface area contributed by atoms with E-state index in [1.165, 1.54) is 97.6 Å². The Morgan fingerprint density at radius 1 is 0.313 bits per heavy atom. The number of amides is 8. The molecule has 7 heterocycles. The number of hydrogen-bond acceptors (Lipinski definition) is 17. The second kappa shape index (κ2) is 44.9. The minimum Gasteiger partial charge on any atom is -0.363 e. The number of likely N-dealkylation sites (N-methyl/N-ethyl adjacent to an activating group) is 1. The van der Waals surface area contributed by atoms with Crippen molar-refractivity contribution in [2.75, 3.05) is 103 Å². The van der Waals surface area contributed by atoms with E-state index >= 15 is 0 Å². The summed E-state index contributed by atoms with van der Waals surface area (Å²) in [4.78, 5) is 129. The molecule has 0 aliphatic carbocycles. The van der Waals surface area contributed by atoms with Crippen molar-refractivity contribution < 1.29 is 73.5 Å². The van der Waals surface area contributed by atoms with Crippen LogP contribution in [0.4, 0.5) is 81.1 Å². The highest BCUT2D eigenvalue weighted by molar-refractivity contribution is 6.31. The van der Waals surface area contributed by atoms with Gasteiger partial charge >= 0.3 is 0 Å². The second-order valence-electron chi connectivity index (χ2n) is 29.9. The van der Waals surface area contributed by atoms with Crippen LogP contribution in [0.15, 0.2) is 224 Å². The molecule has 11 N–H and O–H groups in total. The number of aliphatic imine (C=N–C) groups is 1. The highest BCUT2D eigenvalue weighted by Gasteiger charge is 2.28. The zero-order valence-electron chi connectivity index (χ0n) is 70.9. The molecule has 0 spiro atoms. The summed E-state index contributed by atoms with van der Waals surface area (Å²) in [7, 11) is 5.37. The van der Waals surface area contributed by atoms with E-state index < -0.39 is 93.8 Å². The summed E-state index contributed by atoms with van der Waals surface area (Å²) in [5.74, 6) is -13.0. The minimum absolute atomic E-state index is 0.139. The fourth-order valence-electron chi connectivity index (χ4n) is 13.3. The fourth-order valence-corrected chi connectivity index (χ4v) is 13.7. The maximum Gasteiger partial charge on any atom is 0.259 e. The Bertz CT molecular complexity index is 6490. The molecule has 3 aliphatic heterocycles. The van der Waals surface area contributed by atoms with Crippen molar-refractivity contribution in [1.29, 1.82) is 16.2 Å². The molecular formula is C94H78Cl4F8N20O8. The van der Waals surface area contributed by atoms with Gasteiger partial charge in [0.1, 0.15) is 46.6 Å². The Balaban J connectivity index is 0.000000161. The molecule has 134 heavy (non-hydrogen) atoms. The van der Waals surface area contributed by atoms with Gasteiger partial charge in [-0.3, -0.25) is 59.6 Å². The van der Waals surface area contributed by atoms with Crippen LogP contribution in [0.2, 0.25) is 20.1 Å². The van der Waals surface area contributed by atoms with E-state index in [1.807, 2.05) is 21.7 Å². The largest absolute Gasteiger partial charge is 0.363 e. The average Bonchev–Trinajstić information content (AvgIpc) is 1.58. The molecule has 0 saturated carbocycles. The Morgan fingerprint density at radius 3 is 0.806 bits per heavy atom. The summed E-state index contributed by atoms with van der Waals surface area (Å²) in [6.07, 6.45) is 10.6. The maximum absolute atomic E-state index is 14.0. The van der Waals surface area contributed by atoms with E-state index in [4.69, 9.17) is 62.6 Å². The first-order valence-corrected chi connectivity index (χ1v) is 42.1. The standard InChI is InChI=1S/C25H22ClF2N5O2.C24H20ClF2N5O2.C23H18ClF2N5O2.C22H18ClF2N5O2/c26-17-8-9-22(30-14-17)32-25(35)18-12-19(27)20(28)13-21(18)31-24(34)16-6-4-15(5-7-16)23(29)33-10-2-1-3-11-33;25-16-7-8-21(29-13-16)31-24(34)17-11-18(26)19(27)12-20(17)30-23(33)15-5-3-14(4-6-15)22(28)32-9-1-2-10-32;1-31-9-8-27-21(31)13-2-4-14(5-3-13)22(32)29-19-11-18(26)17(25)10-16(19)23(33)30-20-7-6-15(24)12-28-20;1-30(2)20(26)12-3-5-13(6-4-12)21(31)28-18-10-17(25)16(24)9-15(18)22(32)29-19-8-7-14(23)11-27-19/h4-9,12-14,29H,1-3,10-11H2,(H,31,34)(H,30,32,35);3-8,11-13,28H,1-2,9-10H2,(H,30,33)(H,29,31,34);2-7,10-12H,8-9H2,1H3,(H,29,32)(H,28,30,33);3-11,26H,1-2H3,(H,28,31)(H,27,29,32). The van der Waals surface area contributed by atoms with Gasteiger partial charge in [-0.1, -0.05) is 94.9 Å². The van der Waals surface area contributed by atoms with Gasteiger partial charge in [0.15, 0.2) is 46.5 Å². The zero-order chi connectivity index (χ0) is 96.1. The highest BCUT2D eigenvalue weighted by Crippen LogP contribution is 2.30. The van der Waals surface area contributed by atoms with Gasteiger partial charge in [-0.25, -0.2) is 55.1 Å². The van der Waals surface area contributed by atoms with Crippen LogP contribution in [0.25, 0.3) is 0 Å². The van der Waals surface area contributed by atoms with E-state index in [0.717, 1.165) is 100 Å². The summed E-state index contributed by atoms with van der Waals surface area (Å²) < 4.78 is 111. The summed E-state index contributed by atoms with van der Waals surface area (Å²) >= 11 is 23.1. The smallest absolute Gasteiger partial charge is 0.259 e. The molecule has 0 unspecified atom stereocenters. The van der Waals surface area contributed by atoms with Gasteiger partial charge in [0, 0.05) is 147 Å². The molecule has 3 aliphatic rings. The van der Waals surface area contributed by atoms with Crippen molar-refractivity contribution >= 4 is 163 Å². The Kier molecular flexibility index (Phi) is 32.8. The number of aromatic nitrogens is 4. The normalized spacial score (nSPS) is 12.4. The Hall–Kier alpha value is -15.4. The number of carbonyl (C=O) groups excluding carboxylic acids is 8. The SMILES string of the molecule is CN(C)C(=N)c1ccc(C(=O)Nc2cc(F)c(F)cc2C(=O)Nc2ccc(Cl)cn2)cc1.CN1CCN=C1c1ccc(C(=O)Nc2cc(F)c(F)cc2C(=O)Nc2ccc(Cl)cn2)cc1.N=C(c1ccc(C(=O)Nc2cc(F)c(F)cc2C(=O)Nc2ccc(Cl)cn2)cc1)N1CCCC1.N=C(c1ccc(C(=O)Nc2cc(F)c(F)cc2C(=O)Nc2ccc(Cl)cn2)cc1)N1CCCCC1. The first-order valence-electron chi connectivity index (χ1n) is 40.6. The van der Waals surface area contributed by atoms with Crippen LogP contribution in [0.1, 0.15) is 137 Å². The maximum atomic E-state index is 14.0. The van der Waals surface area contributed by atoms with E-state index in [-0.39, 0.29) is 96.4 Å². The molecule has 8 aromatic carbocycles. The van der Waals surface area contributed by atoms with Gasteiger partial charge in [-0.2, -0.15) is 0 Å². The van der Waals surface area contributed by atoms with Gasteiger partial charge in [-0.05, 0) is 153 Å². The predicted molar refractivity (Wildman–Crippen MR) is 496 cm³/mol. The third-order valence-electron chi connectivity index (χ3n) is 20.4. The van der Waals surface area contributed by atoms with Gasteiger partial charge in [0.05, 0.1) is 71.6 Å². The molecular weight excluding hydrogens is 1830 g/mol. The molecule has 0 bridgehead atoms. The van der Waals surface area contributed by atoms with Crippen LogP contribution in [0, 0.1) is 62.8 Å². The lowest BCUT2D eigenvalue weighted by molar-refractivity contribution is 0.101. The number of benzene rings is 8. The van der Waals surface area contributed by atoms with Crippen molar-refractivity contribution in [2.24, 2.45) is 4.99 Å². The third-order valence-corrected chi connectivity index (χ3v) is 21.3. The van der Waals surface area contributed by atoms with Crippen LogP contribution in [-0.4, -0.2) is 171 Å². The van der Waals surface area contributed by atoms with E-state index in [9.17, 15) is 73.5 Å². The van der Waals surface area contributed by atoms with Gasteiger partial charge < -0.3 is 62.1 Å². The first kappa shape index (κ1) is 97.7. The van der Waals surface area contributed by atoms with Gasteiger partial charge in [0.25, 0.3) is 47.3 Å². The summed E-state index contributed by atoms with van der Waals surface area (Å²) in [5.41, 5.74) is 1.80. The van der Waals surface area contributed by atoms with Crippen LogP contribution in [0.5, 0.6) is 0 Å². The lowest BCUT2D eigenvalue weighted by Crippen LogP contribution is -2.35. The molecule has 15 rings (SSSR count). The quantitative estimate of drug-likeness (QED) is 0.0192. The van der Waals surface area contributed by atoms with E-state index in [0.29, 0.717) is 79.3 Å². The predicted octanol–water partition coefficient (Wildman–Crippen LogP) is 18.9. The number of halogens is 12. The monoisotopic (exact) mass is 1910 g/mol. The molecule has 2 fully saturated rings. The number of likely N-dealkylation sites (tertiary alicyclic amines) is 2. The third kappa shape index (κ3) is 25.8. The fraction of sp³-hybridized carbons (Fsp3) is 0.149. The van der Waals surface area contributed by atoms with Crippen molar-refractivity contribution in [3.63, 3.8) is 0 Å². The molecule has 40 heteroatoms. The van der Waals surface area contributed by atoms with Crippen LogP contribution < -0.4 is 42.5 Å². The molecule has 12 aromatic rings. The number of nitrogens with zero attached hydrogens (tertiary/aromatic N) is 9. The number of nitrogens with one attached hydrogen (secondary N) is 11. The van der Waals surface area contributed by atoms with Gasteiger partial charge in [0.2, 0.25) is 0 Å². The van der Waals surface area contributed by atoms with E-state index in [2.05, 4.69) is 67.5 Å². The molecule has 4 aromatic heterocycles. The lowest BCUT2D eigenvalue weighted by atomic mass is 10.1. The number of amidine groups is 4. The topological polar surface area (TPSA) is 381 Å². The average molecular weight is 1910 g/mol. The molecule has 2 saturated heterocycles. The zero-order valence-corrected chi connectivity index (χ0v) is 73.9. The number of anilines is 8. The summed E-state index contributed by atoms with van der Waals surface area (Å²) in [6, 6.07) is 43.2. The number of pyridine rings is 4. The molecule has 0 radical (unpaired) electrons. The van der Waals surface area contributed by atoms with Crippen molar-refractivity contribution in [3.8, 4) is 0 Å². The van der Waals surface area contributed by atoms with E-state index in [1.54, 1.807) is 91.8 Å². The van der Waals surface area contributed by atoms with Crippen molar-refractivity contribution in [2.45, 2.75) is 32.1 Å². The second-order valence-corrected chi connectivity index (χ2v) is 31.7. The Morgan fingerprint density at radius 2 is 0.560 bits per heavy atom.